The van der Waals surface area contributed by atoms with Gasteiger partial charge in [0, 0.05) is 15.3 Å². The van der Waals surface area contributed by atoms with Crippen molar-refractivity contribution in [1.82, 2.24) is 0 Å². The molecule has 0 aliphatic carbocycles. The van der Waals surface area contributed by atoms with Gasteiger partial charge in [-0.05, 0) is 25.1 Å². The Labute approximate surface area is 85.9 Å². The van der Waals surface area contributed by atoms with Gasteiger partial charge in [-0.1, -0.05) is 11.6 Å². The summed E-state index contributed by atoms with van der Waals surface area (Å²) < 4.78 is 6.38. The number of aryl methyl sites for hydroxylation is 1. The van der Waals surface area contributed by atoms with Gasteiger partial charge in [-0.3, -0.25) is 0 Å². The number of halogens is 1. The van der Waals surface area contributed by atoms with Crippen LogP contribution in [-0.4, -0.2) is 7.11 Å². The molecule has 1 heterocycles. The second-order valence-corrected chi connectivity index (χ2v) is 4.51. The number of rotatable bonds is 1. The Balaban J connectivity index is 2.83. The van der Waals surface area contributed by atoms with E-state index in [1.54, 1.807) is 18.4 Å². The van der Waals surface area contributed by atoms with Crippen molar-refractivity contribution in [3.63, 3.8) is 0 Å². The highest BCUT2D eigenvalue weighted by Crippen LogP contribution is 2.37. The number of thiophene rings is 1. The lowest BCUT2D eigenvalue weighted by Gasteiger charge is -2.01. The normalized spacial score (nSPS) is 10.7. The van der Waals surface area contributed by atoms with Gasteiger partial charge in [0.1, 0.15) is 5.75 Å². The first kappa shape index (κ1) is 8.85. The number of methoxy groups -OCH3 is 1. The van der Waals surface area contributed by atoms with Crippen LogP contribution in [0.1, 0.15) is 4.88 Å². The molecule has 1 aromatic heterocycles. The van der Waals surface area contributed by atoms with Crippen molar-refractivity contribution in [3.8, 4) is 5.75 Å². The average Bonchev–Trinajstić information content (AvgIpc) is 2.48. The van der Waals surface area contributed by atoms with Crippen molar-refractivity contribution in [2.75, 3.05) is 7.11 Å². The number of ether oxygens (including phenoxy) is 1. The van der Waals surface area contributed by atoms with Crippen molar-refractivity contribution in [2.24, 2.45) is 0 Å². The van der Waals surface area contributed by atoms with E-state index in [9.17, 15) is 0 Å². The van der Waals surface area contributed by atoms with Crippen LogP contribution in [-0.2, 0) is 0 Å². The Morgan fingerprint density at radius 3 is 2.85 bits per heavy atom. The topological polar surface area (TPSA) is 9.23 Å². The van der Waals surface area contributed by atoms with Crippen molar-refractivity contribution in [3.05, 3.63) is 28.1 Å². The minimum Gasteiger partial charge on any atom is -0.495 e. The van der Waals surface area contributed by atoms with Gasteiger partial charge in [0.05, 0.1) is 11.8 Å². The molecule has 3 heteroatoms. The number of hydrogen-bond donors (Lipinski definition) is 0. The Bertz CT molecular complexity index is 447. The molecule has 0 aliphatic rings. The fourth-order valence-corrected chi connectivity index (χ4v) is 2.65. The van der Waals surface area contributed by atoms with Crippen LogP contribution >= 0.6 is 22.9 Å². The lowest BCUT2D eigenvalue weighted by Crippen LogP contribution is -1.81. The Morgan fingerprint density at radius 1 is 1.38 bits per heavy atom. The molecule has 1 aromatic carbocycles. The van der Waals surface area contributed by atoms with Crippen LogP contribution in [0.2, 0.25) is 5.02 Å². The van der Waals surface area contributed by atoms with Gasteiger partial charge in [0.15, 0.2) is 0 Å². The van der Waals surface area contributed by atoms with Crippen LogP contribution < -0.4 is 4.74 Å². The highest BCUT2D eigenvalue weighted by Gasteiger charge is 2.07. The smallest absolute Gasteiger partial charge is 0.136 e. The Hall–Kier alpha value is -0.730. The fraction of sp³-hybridized carbons (Fsp3) is 0.200. The third-order valence-electron chi connectivity index (χ3n) is 1.94. The van der Waals surface area contributed by atoms with E-state index in [2.05, 4.69) is 13.0 Å². The summed E-state index contributed by atoms with van der Waals surface area (Å²) in [4.78, 5) is 1.25. The van der Waals surface area contributed by atoms with Gasteiger partial charge in [-0.2, -0.15) is 0 Å². The molecule has 0 aliphatic heterocycles. The molecule has 1 nitrogen and oxygen atoms in total. The number of fused-ring (bicyclic) bond motifs is 1. The van der Waals surface area contributed by atoms with Gasteiger partial charge >= 0.3 is 0 Å². The molecular formula is C10H9ClOS. The molecule has 2 aromatic rings. The predicted octanol–water partition coefficient (Wildman–Crippen LogP) is 3.87. The minimum absolute atomic E-state index is 0.792. The zero-order chi connectivity index (χ0) is 9.42. The van der Waals surface area contributed by atoms with Crippen LogP contribution in [0, 0.1) is 6.92 Å². The molecule has 13 heavy (non-hydrogen) atoms. The first-order chi connectivity index (χ1) is 6.22. The first-order valence-electron chi connectivity index (χ1n) is 3.95. The molecule has 0 bridgehead atoms. The summed E-state index contributed by atoms with van der Waals surface area (Å²) in [6.45, 7) is 2.07. The predicted molar refractivity (Wildman–Crippen MR) is 58.1 cm³/mol. The summed E-state index contributed by atoms with van der Waals surface area (Å²) in [7, 11) is 1.68. The third-order valence-corrected chi connectivity index (χ3v) is 3.33. The van der Waals surface area contributed by atoms with Gasteiger partial charge in [-0.15, -0.1) is 11.3 Å². The maximum Gasteiger partial charge on any atom is 0.136 e. The molecule has 0 saturated heterocycles. The van der Waals surface area contributed by atoms with E-state index in [0.717, 1.165) is 20.9 Å². The molecule has 68 valence electrons. The molecule has 0 saturated carbocycles. The number of benzene rings is 1. The second kappa shape index (κ2) is 3.20. The zero-order valence-corrected chi connectivity index (χ0v) is 9.00. The van der Waals surface area contributed by atoms with Crippen LogP contribution in [0.15, 0.2) is 18.2 Å². The number of hydrogen-bond acceptors (Lipinski definition) is 2. The van der Waals surface area contributed by atoms with E-state index in [0.29, 0.717) is 0 Å². The van der Waals surface area contributed by atoms with E-state index < -0.39 is 0 Å². The van der Waals surface area contributed by atoms with Gasteiger partial charge in [-0.25, -0.2) is 0 Å². The molecule has 0 atom stereocenters. The molecule has 0 fully saturated rings. The molecular weight excluding hydrogens is 204 g/mol. The van der Waals surface area contributed by atoms with Crippen molar-refractivity contribution in [2.45, 2.75) is 6.92 Å². The van der Waals surface area contributed by atoms with Crippen molar-refractivity contribution in [1.29, 1.82) is 0 Å². The maximum absolute atomic E-state index is 6.05. The van der Waals surface area contributed by atoms with Crippen LogP contribution in [0.5, 0.6) is 5.75 Å². The Kier molecular flexibility index (Phi) is 2.18. The molecule has 0 amide bonds. The summed E-state index contributed by atoms with van der Waals surface area (Å²) in [5.41, 5.74) is 0. The minimum atomic E-state index is 0.792. The first-order valence-corrected chi connectivity index (χ1v) is 5.14. The van der Waals surface area contributed by atoms with Crippen LogP contribution in [0.4, 0.5) is 0 Å². The van der Waals surface area contributed by atoms with E-state index in [-0.39, 0.29) is 0 Å². The summed E-state index contributed by atoms with van der Waals surface area (Å²) in [5.74, 6) is 0.900. The van der Waals surface area contributed by atoms with Crippen molar-refractivity contribution < 1.29 is 4.74 Å². The van der Waals surface area contributed by atoms with E-state index in [4.69, 9.17) is 16.3 Å². The van der Waals surface area contributed by atoms with E-state index in [1.807, 2.05) is 12.1 Å². The van der Waals surface area contributed by atoms with Crippen molar-refractivity contribution >= 4 is 33.0 Å². The largest absolute Gasteiger partial charge is 0.495 e. The second-order valence-electron chi connectivity index (χ2n) is 2.85. The summed E-state index contributed by atoms with van der Waals surface area (Å²) in [6, 6.07) is 5.86. The standard InChI is InChI=1S/C10H9ClOS/c1-6-5-7-8(11)3-4-9(12-2)10(7)13-6/h3-5H,1-2H3. The quantitative estimate of drug-likeness (QED) is 0.697. The molecule has 0 unspecified atom stereocenters. The van der Waals surface area contributed by atoms with Gasteiger partial charge in [0.25, 0.3) is 0 Å². The van der Waals surface area contributed by atoms with Crippen LogP contribution in [0.3, 0.4) is 0 Å². The third kappa shape index (κ3) is 1.40. The van der Waals surface area contributed by atoms with E-state index >= 15 is 0 Å². The molecule has 0 N–H and O–H groups in total. The summed E-state index contributed by atoms with van der Waals surface area (Å²) in [6.07, 6.45) is 0. The lowest BCUT2D eigenvalue weighted by molar-refractivity contribution is 0.420. The van der Waals surface area contributed by atoms with Gasteiger partial charge in [0.2, 0.25) is 0 Å². The summed E-state index contributed by atoms with van der Waals surface area (Å²) in [5, 5.41) is 1.88. The van der Waals surface area contributed by atoms with Crippen LogP contribution in [0.25, 0.3) is 10.1 Å². The lowest BCUT2D eigenvalue weighted by atomic mass is 10.2. The van der Waals surface area contributed by atoms with E-state index in [1.165, 1.54) is 4.88 Å². The highest BCUT2D eigenvalue weighted by atomic mass is 35.5. The SMILES string of the molecule is COc1ccc(Cl)c2cc(C)sc12. The fourth-order valence-electron chi connectivity index (χ4n) is 1.35. The highest BCUT2D eigenvalue weighted by molar-refractivity contribution is 7.19. The summed E-state index contributed by atoms with van der Waals surface area (Å²) >= 11 is 7.76. The molecule has 0 radical (unpaired) electrons. The molecule has 0 spiro atoms. The molecule has 2 rings (SSSR count). The van der Waals surface area contributed by atoms with Gasteiger partial charge < -0.3 is 4.74 Å². The zero-order valence-electron chi connectivity index (χ0n) is 7.43. The monoisotopic (exact) mass is 212 g/mol. The maximum atomic E-state index is 6.05. The average molecular weight is 213 g/mol. The Morgan fingerprint density at radius 2 is 2.15 bits per heavy atom.